The van der Waals surface area contributed by atoms with E-state index in [2.05, 4.69) is 35.0 Å². The van der Waals surface area contributed by atoms with E-state index in [0.29, 0.717) is 0 Å². The summed E-state index contributed by atoms with van der Waals surface area (Å²) in [5.41, 5.74) is 2.46. The molecule has 0 aromatic heterocycles. The molecule has 0 aliphatic rings. The zero-order chi connectivity index (χ0) is 9.68. The Bertz CT molecular complexity index is 305. The number of hydrogen-bond donors (Lipinski definition) is 0. The lowest BCUT2D eigenvalue weighted by Crippen LogP contribution is -1.79. The van der Waals surface area contributed by atoms with Gasteiger partial charge in [-0.15, -0.1) is 0 Å². The van der Waals surface area contributed by atoms with Crippen LogP contribution in [0.5, 0.6) is 0 Å². The highest BCUT2D eigenvalue weighted by molar-refractivity contribution is 9.09. The van der Waals surface area contributed by atoms with Crippen LogP contribution in [0.25, 0.3) is 6.08 Å². The van der Waals surface area contributed by atoms with Gasteiger partial charge < -0.3 is 0 Å². The van der Waals surface area contributed by atoms with E-state index >= 15 is 0 Å². The molecule has 0 spiro atoms. The van der Waals surface area contributed by atoms with Crippen molar-refractivity contribution in [3.63, 3.8) is 0 Å². The Morgan fingerprint density at radius 2 is 2.23 bits per heavy atom. The molecule has 13 heavy (non-hydrogen) atoms. The smallest absolute Gasteiger partial charge is 0.0409 e. The molecule has 0 aliphatic heterocycles. The number of aryl methyl sites for hydroxylation is 1. The monoisotopic (exact) mass is 258 g/mol. The molecule has 0 aliphatic carbocycles. The van der Waals surface area contributed by atoms with Crippen molar-refractivity contribution >= 4 is 33.6 Å². The normalized spacial score (nSPS) is 11.0. The second kappa shape index (κ2) is 5.46. The predicted molar refractivity (Wildman–Crippen MR) is 63.6 cm³/mol. The Labute approximate surface area is 92.7 Å². The predicted octanol–water partition coefficient (Wildman–Crippen LogP) is 4.45. The highest BCUT2D eigenvalue weighted by atomic mass is 79.9. The van der Waals surface area contributed by atoms with E-state index in [-0.39, 0.29) is 0 Å². The highest BCUT2D eigenvalue weighted by Crippen LogP contribution is 2.16. The molecule has 0 heterocycles. The van der Waals surface area contributed by atoms with Crippen LogP contribution in [-0.2, 0) is 0 Å². The summed E-state index contributed by atoms with van der Waals surface area (Å²) in [5, 5.41) is 1.81. The number of halogens is 2. The molecule has 0 N–H and O–H groups in total. The van der Waals surface area contributed by atoms with Gasteiger partial charge in [-0.1, -0.05) is 45.7 Å². The van der Waals surface area contributed by atoms with Crippen molar-refractivity contribution in [1.82, 2.24) is 0 Å². The quantitative estimate of drug-likeness (QED) is 0.704. The van der Waals surface area contributed by atoms with Gasteiger partial charge in [0, 0.05) is 10.4 Å². The fourth-order valence-electron chi connectivity index (χ4n) is 1.10. The first-order valence-electron chi connectivity index (χ1n) is 4.22. The highest BCUT2D eigenvalue weighted by Gasteiger charge is 1.94. The first kappa shape index (κ1) is 10.8. The van der Waals surface area contributed by atoms with E-state index in [9.17, 15) is 0 Å². The zero-order valence-corrected chi connectivity index (χ0v) is 9.90. The summed E-state index contributed by atoms with van der Waals surface area (Å²) < 4.78 is 0. The van der Waals surface area contributed by atoms with Gasteiger partial charge in [0.2, 0.25) is 0 Å². The molecule has 1 rings (SSSR count). The van der Waals surface area contributed by atoms with Crippen LogP contribution in [0.3, 0.4) is 0 Å². The lowest BCUT2D eigenvalue weighted by atomic mass is 10.1. The summed E-state index contributed by atoms with van der Waals surface area (Å²) in [7, 11) is 0. The molecule has 0 bridgehead atoms. The van der Waals surface area contributed by atoms with E-state index in [4.69, 9.17) is 11.6 Å². The summed E-state index contributed by atoms with van der Waals surface area (Å²) in [6, 6.07) is 5.94. The van der Waals surface area contributed by atoms with Crippen molar-refractivity contribution in [2.24, 2.45) is 0 Å². The Kier molecular flexibility index (Phi) is 4.54. The summed E-state index contributed by atoms with van der Waals surface area (Å²) in [6.07, 6.45) is 5.35. The topological polar surface area (TPSA) is 0 Å². The summed E-state index contributed by atoms with van der Waals surface area (Å²) in [5.74, 6) is 0. The molecule has 0 fully saturated rings. The van der Waals surface area contributed by atoms with E-state index in [1.807, 2.05) is 18.2 Å². The number of hydrogen-bond acceptors (Lipinski definition) is 0. The van der Waals surface area contributed by atoms with E-state index in [1.54, 1.807) is 0 Å². The molecule has 0 saturated heterocycles. The van der Waals surface area contributed by atoms with Gasteiger partial charge in [-0.3, -0.25) is 0 Å². The van der Waals surface area contributed by atoms with Crippen LogP contribution in [0.1, 0.15) is 17.5 Å². The summed E-state index contributed by atoms with van der Waals surface area (Å²) in [6.45, 7) is 2.07. The Morgan fingerprint density at radius 1 is 1.46 bits per heavy atom. The van der Waals surface area contributed by atoms with Crippen LogP contribution in [0.2, 0.25) is 5.02 Å². The fraction of sp³-hybridized carbons (Fsp3) is 0.273. The summed E-state index contributed by atoms with van der Waals surface area (Å²) >= 11 is 9.23. The maximum Gasteiger partial charge on any atom is 0.0409 e. The second-order valence-corrected chi connectivity index (χ2v) is 4.11. The van der Waals surface area contributed by atoms with Crippen molar-refractivity contribution in [2.45, 2.75) is 13.3 Å². The van der Waals surface area contributed by atoms with Crippen LogP contribution >= 0.6 is 27.5 Å². The Balaban J connectivity index is 2.77. The minimum Gasteiger partial charge on any atom is -0.0925 e. The van der Waals surface area contributed by atoms with Crippen LogP contribution in [0.4, 0.5) is 0 Å². The van der Waals surface area contributed by atoms with E-state index < -0.39 is 0 Å². The van der Waals surface area contributed by atoms with Crippen LogP contribution in [0, 0.1) is 6.92 Å². The average Bonchev–Trinajstić information content (AvgIpc) is 2.09. The third kappa shape index (κ3) is 3.53. The molecule has 0 amide bonds. The average molecular weight is 260 g/mol. The van der Waals surface area contributed by atoms with Crippen molar-refractivity contribution in [1.29, 1.82) is 0 Å². The van der Waals surface area contributed by atoms with Crippen LogP contribution in [-0.4, -0.2) is 5.33 Å². The fourth-order valence-corrected chi connectivity index (χ4v) is 1.59. The minimum atomic E-state index is 0.801. The van der Waals surface area contributed by atoms with Crippen molar-refractivity contribution in [3.8, 4) is 0 Å². The van der Waals surface area contributed by atoms with Gasteiger partial charge in [-0.05, 0) is 36.6 Å². The summed E-state index contributed by atoms with van der Waals surface area (Å²) in [4.78, 5) is 0. The molecule has 0 radical (unpaired) electrons. The number of allylic oxidation sites excluding steroid dienone is 1. The molecular formula is C11H12BrCl. The molecular weight excluding hydrogens is 247 g/mol. The zero-order valence-electron chi connectivity index (χ0n) is 7.56. The first-order chi connectivity index (χ1) is 6.24. The number of alkyl halides is 1. The van der Waals surface area contributed by atoms with Gasteiger partial charge in [0.1, 0.15) is 0 Å². The SMILES string of the molecule is Cc1cc(Cl)ccc1C=CCCBr. The molecule has 2 heteroatoms. The molecule has 0 nitrogen and oxygen atoms in total. The van der Waals surface area contributed by atoms with Gasteiger partial charge >= 0.3 is 0 Å². The van der Waals surface area contributed by atoms with Crippen molar-refractivity contribution in [3.05, 3.63) is 40.4 Å². The minimum absolute atomic E-state index is 0.801. The van der Waals surface area contributed by atoms with Crippen molar-refractivity contribution < 1.29 is 0 Å². The first-order valence-corrected chi connectivity index (χ1v) is 5.72. The molecule has 0 unspecified atom stereocenters. The number of rotatable bonds is 3. The Hall–Kier alpha value is -0.270. The molecule has 0 saturated carbocycles. The van der Waals surface area contributed by atoms with Gasteiger partial charge in [0.15, 0.2) is 0 Å². The molecule has 70 valence electrons. The molecule has 1 aromatic rings. The van der Waals surface area contributed by atoms with Gasteiger partial charge in [0.25, 0.3) is 0 Å². The lowest BCUT2D eigenvalue weighted by Gasteiger charge is -1.99. The van der Waals surface area contributed by atoms with Crippen LogP contribution < -0.4 is 0 Å². The molecule has 1 aromatic carbocycles. The third-order valence-corrected chi connectivity index (χ3v) is 2.50. The maximum absolute atomic E-state index is 5.85. The van der Waals surface area contributed by atoms with Gasteiger partial charge in [0.05, 0.1) is 0 Å². The van der Waals surface area contributed by atoms with Gasteiger partial charge in [-0.2, -0.15) is 0 Å². The van der Waals surface area contributed by atoms with Gasteiger partial charge in [-0.25, -0.2) is 0 Å². The standard InChI is InChI=1S/C11H12BrCl/c1-9-8-11(13)6-5-10(9)4-2-3-7-12/h2,4-6,8H,3,7H2,1H3. The van der Waals surface area contributed by atoms with Crippen LogP contribution in [0.15, 0.2) is 24.3 Å². The van der Waals surface area contributed by atoms with Crippen molar-refractivity contribution in [2.75, 3.05) is 5.33 Å². The molecule has 0 atom stereocenters. The third-order valence-electron chi connectivity index (χ3n) is 1.81. The lowest BCUT2D eigenvalue weighted by molar-refractivity contribution is 1.27. The number of benzene rings is 1. The largest absolute Gasteiger partial charge is 0.0925 e. The second-order valence-electron chi connectivity index (χ2n) is 2.88. The van der Waals surface area contributed by atoms with E-state index in [1.165, 1.54) is 11.1 Å². The van der Waals surface area contributed by atoms with E-state index in [0.717, 1.165) is 16.8 Å². The Morgan fingerprint density at radius 3 is 2.85 bits per heavy atom. The maximum atomic E-state index is 5.85.